The Labute approximate surface area is 122 Å². The third-order valence-corrected chi connectivity index (χ3v) is 4.61. The minimum absolute atomic E-state index is 0.204. The fourth-order valence-electron chi connectivity index (χ4n) is 3.10. The Bertz CT molecular complexity index is 512. The highest BCUT2D eigenvalue weighted by Crippen LogP contribution is 2.45. The molecule has 0 heterocycles. The molecule has 0 fully saturated rings. The van der Waals surface area contributed by atoms with Gasteiger partial charge in [-0.1, -0.05) is 45.9 Å². The van der Waals surface area contributed by atoms with Gasteiger partial charge in [0.05, 0.1) is 6.61 Å². The molecule has 0 radical (unpaired) electrons. The van der Waals surface area contributed by atoms with Gasteiger partial charge in [-0.25, -0.2) is 0 Å². The smallest absolute Gasteiger partial charge is 0.302 e. The van der Waals surface area contributed by atoms with Gasteiger partial charge in [0.25, 0.3) is 0 Å². The number of carbonyl (C=O) groups is 1. The number of hydrogen-bond acceptors (Lipinski definition) is 2. The van der Waals surface area contributed by atoms with Crippen LogP contribution in [0, 0.1) is 0 Å². The van der Waals surface area contributed by atoms with Crippen LogP contribution in [0.1, 0.15) is 64.2 Å². The summed E-state index contributed by atoms with van der Waals surface area (Å²) in [7, 11) is 0. The fraction of sp³-hybridized carbons (Fsp3) is 0.611. The number of rotatable bonds is 3. The molecule has 1 aromatic rings. The molecule has 0 aliphatic heterocycles. The van der Waals surface area contributed by atoms with E-state index in [1.54, 1.807) is 0 Å². The molecule has 2 nitrogen and oxygen atoms in total. The molecule has 2 heteroatoms. The van der Waals surface area contributed by atoms with Crippen molar-refractivity contribution in [2.75, 3.05) is 6.61 Å². The van der Waals surface area contributed by atoms with Crippen molar-refractivity contribution in [1.29, 1.82) is 0 Å². The van der Waals surface area contributed by atoms with Gasteiger partial charge >= 0.3 is 5.97 Å². The van der Waals surface area contributed by atoms with Gasteiger partial charge in [-0.15, -0.1) is 0 Å². The van der Waals surface area contributed by atoms with E-state index in [1.165, 1.54) is 36.5 Å². The van der Waals surface area contributed by atoms with Crippen molar-refractivity contribution in [2.24, 2.45) is 0 Å². The van der Waals surface area contributed by atoms with Crippen molar-refractivity contribution >= 4 is 5.97 Å². The highest BCUT2D eigenvalue weighted by molar-refractivity contribution is 5.65. The fourth-order valence-corrected chi connectivity index (χ4v) is 3.10. The SMILES string of the molecule is CC(=O)OCCc1ccc2c(c1)C(C)(C)CCC2(C)C. The lowest BCUT2D eigenvalue weighted by atomic mass is 9.63. The van der Waals surface area contributed by atoms with E-state index in [2.05, 4.69) is 45.9 Å². The first-order chi connectivity index (χ1) is 9.22. The van der Waals surface area contributed by atoms with Crippen molar-refractivity contribution in [3.05, 3.63) is 34.9 Å². The lowest BCUT2D eigenvalue weighted by molar-refractivity contribution is -0.140. The molecule has 1 aromatic carbocycles. The second-order valence-corrected chi connectivity index (χ2v) is 7.24. The van der Waals surface area contributed by atoms with Crippen LogP contribution in [0.15, 0.2) is 18.2 Å². The summed E-state index contributed by atoms with van der Waals surface area (Å²) >= 11 is 0. The molecular formula is C18H26O2. The third-order valence-electron chi connectivity index (χ3n) is 4.61. The van der Waals surface area contributed by atoms with E-state index >= 15 is 0 Å². The molecule has 1 aliphatic rings. The predicted molar refractivity (Wildman–Crippen MR) is 82.1 cm³/mol. The maximum absolute atomic E-state index is 10.8. The second-order valence-electron chi connectivity index (χ2n) is 7.24. The Morgan fingerprint density at radius 1 is 1.10 bits per heavy atom. The molecule has 0 atom stereocenters. The zero-order chi connectivity index (χ0) is 15.0. The summed E-state index contributed by atoms with van der Waals surface area (Å²) in [5, 5.41) is 0. The molecule has 2 rings (SSSR count). The van der Waals surface area contributed by atoms with Crippen LogP contribution in [0.3, 0.4) is 0 Å². The van der Waals surface area contributed by atoms with Gasteiger partial charge in [-0.3, -0.25) is 4.79 Å². The number of fused-ring (bicyclic) bond motifs is 1. The molecule has 0 saturated heterocycles. The average molecular weight is 274 g/mol. The number of benzene rings is 1. The second kappa shape index (κ2) is 5.23. The number of ether oxygens (including phenoxy) is 1. The van der Waals surface area contributed by atoms with Crippen LogP contribution in [-0.2, 0) is 26.8 Å². The standard InChI is InChI=1S/C18H26O2/c1-13(19)20-11-8-14-6-7-15-16(12-14)18(4,5)10-9-17(15,2)3/h6-7,12H,8-11H2,1-5H3. The quantitative estimate of drug-likeness (QED) is 0.774. The molecule has 0 spiro atoms. The van der Waals surface area contributed by atoms with E-state index in [1.807, 2.05) is 0 Å². The van der Waals surface area contributed by atoms with E-state index in [0.29, 0.717) is 6.61 Å². The number of carbonyl (C=O) groups excluding carboxylic acids is 1. The average Bonchev–Trinajstić information content (AvgIpc) is 2.35. The van der Waals surface area contributed by atoms with Crippen LogP contribution in [0.2, 0.25) is 0 Å². The number of hydrogen-bond donors (Lipinski definition) is 0. The first kappa shape index (κ1) is 15.1. The zero-order valence-corrected chi connectivity index (χ0v) is 13.4. The van der Waals surface area contributed by atoms with Gasteiger partial charge in [0.2, 0.25) is 0 Å². The van der Waals surface area contributed by atoms with Crippen molar-refractivity contribution in [3.8, 4) is 0 Å². The summed E-state index contributed by atoms with van der Waals surface area (Å²) in [4.78, 5) is 10.8. The van der Waals surface area contributed by atoms with Gasteiger partial charge in [0, 0.05) is 13.3 Å². The van der Waals surface area contributed by atoms with Crippen molar-refractivity contribution in [2.45, 2.75) is 64.7 Å². The molecule has 20 heavy (non-hydrogen) atoms. The van der Waals surface area contributed by atoms with Crippen molar-refractivity contribution in [3.63, 3.8) is 0 Å². The van der Waals surface area contributed by atoms with E-state index in [0.717, 1.165) is 6.42 Å². The van der Waals surface area contributed by atoms with Crippen LogP contribution in [0.5, 0.6) is 0 Å². The summed E-state index contributed by atoms with van der Waals surface area (Å²) in [5.41, 5.74) is 4.71. The van der Waals surface area contributed by atoms with Crippen LogP contribution in [0.25, 0.3) is 0 Å². The molecular weight excluding hydrogens is 248 g/mol. The molecule has 1 aliphatic carbocycles. The number of esters is 1. The molecule has 0 amide bonds. The lowest BCUT2D eigenvalue weighted by Crippen LogP contribution is -2.33. The van der Waals surface area contributed by atoms with Gasteiger partial charge < -0.3 is 4.74 Å². The van der Waals surface area contributed by atoms with E-state index in [-0.39, 0.29) is 16.8 Å². The largest absolute Gasteiger partial charge is 0.466 e. The Balaban J connectivity index is 2.26. The molecule has 0 aromatic heterocycles. The highest BCUT2D eigenvalue weighted by atomic mass is 16.5. The monoisotopic (exact) mass is 274 g/mol. The topological polar surface area (TPSA) is 26.3 Å². The van der Waals surface area contributed by atoms with Gasteiger partial charge in [0.15, 0.2) is 0 Å². The van der Waals surface area contributed by atoms with Gasteiger partial charge in [-0.05, 0) is 40.4 Å². The first-order valence-corrected chi connectivity index (χ1v) is 7.50. The summed E-state index contributed by atoms with van der Waals surface area (Å²) in [6.45, 7) is 11.3. The van der Waals surface area contributed by atoms with Crippen LogP contribution >= 0.6 is 0 Å². The maximum atomic E-state index is 10.8. The normalized spacial score (nSPS) is 19.2. The zero-order valence-electron chi connectivity index (χ0n) is 13.4. The summed E-state index contributed by atoms with van der Waals surface area (Å²) < 4.78 is 5.04. The lowest BCUT2D eigenvalue weighted by Gasteiger charge is -2.42. The highest BCUT2D eigenvalue weighted by Gasteiger charge is 2.36. The first-order valence-electron chi connectivity index (χ1n) is 7.50. The van der Waals surface area contributed by atoms with Gasteiger partial charge in [0.1, 0.15) is 0 Å². The molecule has 0 bridgehead atoms. The van der Waals surface area contributed by atoms with Gasteiger partial charge in [-0.2, -0.15) is 0 Å². The molecule has 110 valence electrons. The summed E-state index contributed by atoms with van der Waals surface area (Å²) in [6.07, 6.45) is 3.25. The van der Waals surface area contributed by atoms with E-state index in [9.17, 15) is 4.79 Å². The molecule has 0 N–H and O–H groups in total. The van der Waals surface area contributed by atoms with Crippen molar-refractivity contribution < 1.29 is 9.53 Å². The minimum atomic E-state index is -0.204. The molecule has 0 saturated carbocycles. The summed E-state index contributed by atoms with van der Waals surface area (Å²) in [5.74, 6) is -0.204. The third kappa shape index (κ3) is 3.05. The molecule has 0 unspecified atom stereocenters. The Morgan fingerprint density at radius 3 is 2.30 bits per heavy atom. The van der Waals surface area contributed by atoms with Crippen LogP contribution < -0.4 is 0 Å². The minimum Gasteiger partial charge on any atom is -0.466 e. The Morgan fingerprint density at radius 2 is 1.70 bits per heavy atom. The summed E-state index contributed by atoms with van der Waals surface area (Å²) in [6, 6.07) is 6.78. The maximum Gasteiger partial charge on any atom is 0.302 e. The van der Waals surface area contributed by atoms with Crippen LogP contribution in [-0.4, -0.2) is 12.6 Å². The predicted octanol–water partition coefficient (Wildman–Crippen LogP) is 4.14. The Kier molecular flexibility index (Phi) is 3.95. The Hall–Kier alpha value is -1.31. The van der Waals surface area contributed by atoms with E-state index < -0.39 is 0 Å². The van der Waals surface area contributed by atoms with Crippen molar-refractivity contribution in [1.82, 2.24) is 0 Å². The van der Waals surface area contributed by atoms with E-state index in [4.69, 9.17) is 4.74 Å². The van der Waals surface area contributed by atoms with Crippen LogP contribution in [0.4, 0.5) is 0 Å².